The third-order valence-corrected chi connectivity index (χ3v) is 4.21. The minimum atomic E-state index is -0.350. The highest BCUT2D eigenvalue weighted by Gasteiger charge is 2.19. The highest BCUT2D eigenvalue weighted by molar-refractivity contribution is 5.16. The van der Waals surface area contributed by atoms with Gasteiger partial charge in [-0.2, -0.15) is 0 Å². The first-order chi connectivity index (χ1) is 10.0. The van der Waals surface area contributed by atoms with Gasteiger partial charge in [0, 0.05) is 19.6 Å². The smallest absolute Gasteiger partial charge is 0.123 e. The van der Waals surface area contributed by atoms with Crippen LogP contribution in [0.1, 0.15) is 25.3 Å². The van der Waals surface area contributed by atoms with Gasteiger partial charge in [0.05, 0.1) is 6.10 Å². The van der Waals surface area contributed by atoms with E-state index in [2.05, 4.69) is 11.8 Å². The van der Waals surface area contributed by atoms with Gasteiger partial charge < -0.3 is 10.0 Å². The summed E-state index contributed by atoms with van der Waals surface area (Å²) < 4.78 is 13.1. The highest BCUT2D eigenvalue weighted by Crippen LogP contribution is 2.16. The Kier molecular flexibility index (Phi) is 6.15. The van der Waals surface area contributed by atoms with Crippen LogP contribution in [0.25, 0.3) is 0 Å². The third kappa shape index (κ3) is 5.73. The summed E-state index contributed by atoms with van der Waals surface area (Å²) in [5.41, 5.74) is 0.941. The molecule has 1 aromatic carbocycles. The number of aliphatic hydroxyl groups excluding tert-OH is 1. The lowest BCUT2D eigenvalue weighted by Gasteiger charge is -2.32. The van der Waals surface area contributed by atoms with Gasteiger partial charge >= 0.3 is 0 Å². The van der Waals surface area contributed by atoms with Gasteiger partial charge in [-0.1, -0.05) is 19.1 Å². The van der Waals surface area contributed by atoms with Crippen LogP contribution in [0, 0.1) is 11.7 Å². The molecule has 118 valence electrons. The second kappa shape index (κ2) is 7.87. The van der Waals surface area contributed by atoms with E-state index in [1.807, 2.05) is 18.0 Å². The van der Waals surface area contributed by atoms with E-state index in [9.17, 15) is 9.50 Å². The number of halogens is 1. The molecule has 1 aliphatic rings. The standard InChI is InChI=1S/C17H27FN2O/c1-14-6-8-20(9-7-14)13-17(21)12-19(2)11-15-4-3-5-16(18)10-15/h3-5,10,14,17,21H,6-9,11-13H2,1-2H3. The van der Waals surface area contributed by atoms with Gasteiger partial charge in [-0.15, -0.1) is 0 Å². The summed E-state index contributed by atoms with van der Waals surface area (Å²) in [6, 6.07) is 6.65. The lowest BCUT2D eigenvalue weighted by Crippen LogP contribution is -2.42. The van der Waals surface area contributed by atoms with E-state index in [-0.39, 0.29) is 11.9 Å². The first-order valence-corrected chi connectivity index (χ1v) is 7.86. The zero-order valence-electron chi connectivity index (χ0n) is 13.1. The number of hydrogen-bond acceptors (Lipinski definition) is 3. The summed E-state index contributed by atoms with van der Waals surface area (Å²) >= 11 is 0. The topological polar surface area (TPSA) is 26.7 Å². The SMILES string of the molecule is CC1CCN(CC(O)CN(C)Cc2cccc(F)c2)CC1. The Morgan fingerprint density at radius 2 is 2.10 bits per heavy atom. The van der Waals surface area contributed by atoms with Gasteiger partial charge in [-0.3, -0.25) is 4.90 Å². The highest BCUT2D eigenvalue weighted by atomic mass is 19.1. The Morgan fingerprint density at radius 1 is 1.38 bits per heavy atom. The number of benzene rings is 1. The molecule has 0 amide bonds. The Bertz CT molecular complexity index is 433. The summed E-state index contributed by atoms with van der Waals surface area (Å²) in [6.45, 7) is 6.48. The minimum Gasteiger partial charge on any atom is -0.390 e. The zero-order valence-corrected chi connectivity index (χ0v) is 13.1. The quantitative estimate of drug-likeness (QED) is 0.872. The predicted octanol–water partition coefficient (Wildman–Crippen LogP) is 2.35. The molecular formula is C17H27FN2O. The molecule has 0 spiro atoms. The third-order valence-electron chi connectivity index (χ3n) is 4.21. The summed E-state index contributed by atoms with van der Waals surface area (Å²) in [7, 11) is 1.96. The molecule has 0 bridgehead atoms. The van der Waals surface area contributed by atoms with Crippen molar-refractivity contribution in [2.45, 2.75) is 32.4 Å². The molecule has 0 saturated carbocycles. The predicted molar refractivity (Wildman–Crippen MR) is 83.6 cm³/mol. The maximum absolute atomic E-state index is 13.1. The number of piperidine rings is 1. The van der Waals surface area contributed by atoms with Crippen molar-refractivity contribution in [2.75, 3.05) is 33.2 Å². The second-order valence-corrected chi connectivity index (χ2v) is 6.46. The molecular weight excluding hydrogens is 267 g/mol. The average Bonchev–Trinajstić information content (AvgIpc) is 2.41. The van der Waals surface area contributed by atoms with Gasteiger partial charge in [-0.05, 0) is 56.6 Å². The van der Waals surface area contributed by atoms with E-state index in [0.717, 1.165) is 31.1 Å². The van der Waals surface area contributed by atoms with Gasteiger partial charge in [0.15, 0.2) is 0 Å². The van der Waals surface area contributed by atoms with Crippen LogP contribution in [0.2, 0.25) is 0 Å². The summed E-state index contributed by atoms with van der Waals surface area (Å²) in [5.74, 6) is 0.609. The lowest BCUT2D eigenvalue weighted by atomic mass is 9.99. The van der Waals surface area contributed by atoms with E-state index >= 15 is 0 Å². The molecule has 1 aliphatic heterocycles. The van der Waals surface area contributed by atoms with E-state index < -0.39 is 0 Å². The van der Waals surface area contributed by atoms with Crippen LogP contribution < -0.4 is 0 Å². The van der Waals surface area contributed by atoms with Crippen molar-refractivity contribution in [1.29, 1.82) is 0 Å². The van der Waals surface area contributed by atoms with Crippen LogP contribution in [0.4, 0.5) is 4.39 Å². The molecule has 0 aliphatic carbocycles. The first-order valence-electron chi connectivity index (χ1n) is 7.86. The van der Waals surface area contributed by atoms with Gasteiger partial charge in [0.1, 0.15) is 5.82 Å². The summed E-state index contributed by atoms with van der Waals surface area (Å²) in [5, 5.41) is 10.2. The van der Waals surface area contributed by atoms with Crippen molar-refractivity contribution in [3.05, 3.63) is 35.6 Å². The molecule has 4 heteroatoms. The van der Waals surface area contributed by atoms with Crippen LogP contribution in [-0.4, -0.2) is 54.2 Å². The number of likely N-dealkylation sites (N-methyl/N-ethyl adjacent to an activating group) is 1. The fraction of sp³-hybridized carbons (Fsp3) is 0.647. The van der Waals surface area contributed by atoms with E-state index in [1.165, 1.54) is 18.9 Å². The molecule has 1 heterocycles. The Labute approximate surface area is 127 Å². The number of aliphatic hydroxyl groups is 1. The molecule has 1 unspecified atom stereocenters. The summed E-state index contributed by atoms with van der Waals surface area (Å²) in [4.78, 5) is 4.40. The van der Waals surface area contributed by atoms with Gasteiger partial charge in [0.25, 0.3) is 0 Å². The number of β-amino-alcohol motifs (C(OH)–C–C–N with tert-alkyl or cyclic N) is 1. The Morgan fingerprint density at radius 3 is 2.76 bits per heavy atom. The fourth-order valence-corrected chi connectivity index (χ4v) is 2.97. The van der Waals surface area contributed by atoms with Crippen molar-refractivity contribution in [1.82, 2.24) is 9.80 Å². The van der Waals surface area contributed by atoms with E-state index in [0.29, 0.717) is 13.1 Å². The van der Waals surface area contributed by atoms with Crippen molar-refractivity contribution < 1.29 is 9.50 Å². The number of hydrogen-bond donors (Lipinski definition) is 1. The van der Waals surface area contributed by atoms with E-state index in [1.54, 1.807) is 12.1 Å². The van der Waals surface area contributed by atoms with E-state index in [4.69, 9.17) is 0 Å². The fourth-order valence-electron chi connectivity index (χ4n) is 2.97. The summed E-state index contributed by atoms with van der Waals surface area (Å²) in [6.07, 6.45) is 2.11. The molecule has 1 atom stereocenters. The zero-order chi connectivity index (χ0) is 15.2. The van der Waals surface area contributed by atoms with Crippen LogP contribution >= 0.6 is 0 Å². The molecule has 3 nitrogen and oxygen atoms in total. The van der Waals surface area contributed by atoms with Crippen LogP contribution in [0.15, 0.2) is 24.3 Å². The monoisotopic (exact) mass is 294 g/mol. The number of likely N-dealkylation sites (tertiary alicyclic amines) is 1. The van der Waals surface area contributed by atoms with Crippen LogP contribution in [0.5, 0.6) is 0 Å². The molecule has 1 N–H and O–H groups in total. The molecule has 0 radical (unpaired) electrons. The van der Waals surface area contributed by atoms with Gasteiger partial charge in [-0.25, -0.2) is 4.39 Å². The molecule has 1 fully saturated rings. The molecule has 0 aromatic heterocycles. The van der Waals surface area contributed by atoms with Crippen molar-refractivity contribution >= 4 is 0 Å². The lowest BCUT2D eigenvalue weighted by molar-refractivity contribution is 0.0662. The van der Waals surface area contributed by atoms with Crippen LogP contribution in [0.3, 0.4) is 0 Å². The van der Waals surface area contributed by atoms with Crippen molar-refractivity contribution in [3.63, 3.8) is 0 Å². The van der Waals surface area contributed by atoms with Crippen molar-refractivity contribution in [3.8, 4) is 0 Å². The molecule has 21 heavy (non-hydrogen) atoms. The molecule has 1 aromatic rings. The Balaban J connectivity index is 1.73. The van der Waals surface area contributed by atoms with Crippen molar-refractivity contribution in [2.24, 2.45) is 5.92 Å². The maximum atomic E-state index is 13.1. The number of nitrogens with zero attached hydrogens (tertiary/aromatic N) is 2. The first kappa shape index (κ1) is 16.4. The molecule has 2 rings (SSSR count). The Hall–Kier alpha value is -0.970. The normalized spacial score (nSPS) is 19.1. The second-order valence-electron chi connectivity index (χ2n) is 6.46. The van der Waals surface area contributed by atoms with Gasteiger partial charge in [0.2, 0.25) is 0 Å². The number of rotatable bonds is 6. The molecule has 1 saturated heterocycles. The minimum absolute atomic E-state index is 0.205. The van der Waals surface area contributed by atoms with Crippen LogP contribution in [-0.2, 0) is 6.54 Å². The largest absolute Gasteiger partial charge is 0.390 e. The average molecular weight is 294 g/mol. The maximum Gasteiger partial charge on any atom is 0.123 e.